The maximum atomic E-state index is 4.50. The lowest BCUT2D eigenvalue weighted by molar-refractivity contribution is 0.200. The molecular formula is C27H42N2. The Morgan fingerprint density at radius 3 is 2.21 bits per heavy atom. The minimum atomic E-state index is 0.753. The van der Waals surface area contributed by atoms with Crippen LogP contribution >= 0.6 is 0 Å². The second-order valence-electron chi connectivity index (χ2n) is 7.44. The highest BCUT2D eigenvalue weighted by atomic mass is 15.1. The van der Waals surface area contributed by atoms with E-state index in [4.69, 9.17) is 0 Å². The van der Waals surface area contributed by atoms with E-state index in [0.717, 1.165) is 5.92 Å². The molecule has 0 radical (unpaired) electrons. The standard InChI is InChI=1S/C24H31N.C2H6.CH5N/c1-3-21-14-17-25(18-15-21)16-5-4-8-22-10-12-23(13-11-22)24-9-6-7-20(2)19-24;2*1-2/h3,6-7,9-13,19,21H,1,4-5,8,14-18H2,2H3;1-2H3;2H2,1H3. The molecule has 160 valence electrons. The lowest BCUT2D eigenvalue weighted by Gasteiger charge is -2.30. The fourth-order valence-electron chi connectivity index (χ4n) is 3.77. The normalized spacial score (nSPS) is 14.2. The number of piperidine rings is 1. The van der Waals surface area contributed by atoms with E-state index in [1.54, 1.807) is 0 Å². The van der Waals surface area contributed by atoms with E-state index in [0.29, 0.717) is 0 Å². The van der Waals surface area contributed by atoms with Crippen LogP contribution in [-0.2, 0) is 6.42 Å². The number of hydrogen-bond donors (Lipinski definition) is 1. The summed E-state index contributed by atoms with van der Waals surface area (Å²) < 4.78 is 0. The number of rotatable bonds is 7. The fraction of sp³-hybridized carbons (Fsp3) is 0.481. The van der Waals surface area contributed by atoms with Crippen LogP contribution in [0.15, 0.2) is 61.2 Å². The van der Waals surface area contributed by atoms with Gasteiger partial charge in [-0.1, -0.05) is 74.0 Å². The van der Waals surface area contributed by atoms with Crippen molar-refractivity contribution in [2.45, 2.75) is 52.9 Å². The molecule has 1 fully saturated rings. The second kappa shape index (κ2) is 15.0. The van der Waals surface area contributed by atoms with Crippen molar-refractivity contribution >= 4 is 0 Å². The molecule has 0 amide bonds. The zero-order chi connectivity index (χ0) is 21.5. The third-order valence-electron chi connectivity index (χ3n) is 5.46. The number of nitrogens with zero attached hydrogens (tertiary/aromatic N) is 1. The van der Waals surface area contributed by atoms with E-state index in [9.17, 15) is 0 Å². The molecule has 3 rings (SSSR count). The van der Waals surface area contributed by atoms with Crippen LogP contribution in [0.25, 0.3) is 11.1 Å². The van der Waals surface area contributed by atoms with Gasteiger partial charge in [0.1, 0.15) is 0 Å². The van der Waals surface area contributed by atoms with Crippen molar-refractivity contribution in [2.24, 2.45) is 11.7 Å². The van der Waals surface area contributed by atoms with Gasteiger partial charge in [-0.25, -0.2) is 0 Å². The summed E-state index contributed by atoms with van der Waals surface area (Å²) in [5.41, 5.74) is 9.91. The number of unbranched alkanes of at least 4 members (excludes halogenated alkanes) is 1. The quantitative estimate of drug-likeness (QED) is 0.430. The van der Waals surface area contributed by atoms with Crippen LogP contribution in [0.1, 0.15) is 50.7 Å². The first kappa shape index (κ1) is 25.1. The first-order chi connectivity index (χ1) is 14.2. The molecule has 2 aromatic rings. The molecular weight excluding hydrogens is 352 g/mol. The molecule has 0 bridgehead atoms. The minimum Gasteiger partial charge on any atom is -0.333 e. The Kier molecular flexibility index (Phi) is 13.0. The van der Waals surface area contributed by atoms with E-state index in [1.165, 1.54) is 81.0 Å². The highest BCUT2D eigenvalue weighted by Crippen LogP contribution is 2.22. The SMILES string of the molecule is C=CC1CCN(CCCCc2ccc(-c3cccc(C)c3)cc2)CC1.CC.CN. The van der Waals surface area contributed by atoms with Gasteiger partial charge in [-0.05, 0) is 88.3 Å². The smallest absolute Gasteiger partial charge is 0.00131 e. The van der Waals surface area contributed by atoms with E-state index in [1.807, 2.05) is 13.8 Å². The van der Waals surface area contributed by atoms with Crippen molar-refractivity contribution in [1.29, 1.82) is 0 Å². The van der Waals surface area contributed by atoms with Gasteiger partial charge in [-0.3, -0.25) is 0 Å². The molecule has 29 heavy (non-hydrogen) atoms. The minimum absolute atomic E-state index is 0.753. The van der Waals surface area contributed by atoms with Gasteiger partial charge in [0.05, 0.1) is 0 Å². The first-order valence-corrected chi connectivity index (χ1v) is 11.3. The predicted molar refractivity (Wildman–Crippen MR) is 130 cm³/mol. The molecule has 0 aromatic heterocycles. The Hall–Kier alpha value is -1.90. The van der Waals surface area contributed by atoms with E-state index >= 15 is 0 Å². The van der Waals surface area contributed by atoms with Crippen molar-refractivity contribution in [3.8, 4) is 11.1 Å². The summed E-state index contributed by atoms with van der Waals surface area (Å²) in [6.07, 6.45) is 8.51. The highest BCUT2D eigenvalue weighted by molar-refractivity contribution is 5.64. The highest BCUT2D eigenvalue weighted by Gasteiger charge is 2.15. The maximum Gasteiger partial charge on any atom is -0.00131 e. The first-order valence-electron chi connectivity index (χ1n) is 11.3. The van der Waals surface area contributed by atoms with Crippen molar-refractivity contribution < 1.29 is 0 Å². The molecule has 0 saturated carbocycles. The molecule has 2 heteroatoms. The van der Waals surface area contributed by atoms with Gasteiger partial charge >= 0.3 is 0 Å². The Morgan fingerprint density at radius 2 is 1.62 bits per heavy atom. The van der Waals surface area contributed by atoms with Crippen LogP contribution in [0.3, 0.4) is 0 Å². The van der Waals surface area contributed by atoms with Crippen LogP contribution in [0, 0.1) is 12.8 Å². The molecule has 1 aliphatic rings. The predicted octanol–water partition coefficient (Wildman–Crippen LogP) is 6.48. The number of benzene rings is 2. The van der Waals surface area contributed by atoms with Crippen molar-refractivity contribution in [1.82, 2.24) is 4.90 Å². The third-order valence-corrected chi connectivity index (χ3v) is 5.46. The number of aryl methyl sites for hydroxylation is 2. The lowest BCUT2D eigenvalue weighted by atomic mass is 9.97. The summed E-state index contributed by atoms with van der Waals surface area (Å²) in [6.45, 7) is 13.8. The number of nitrogens with two attached hydrogens (primary N) is 1. The molecule has 0 spiro atoms. The zero-order valence-electron chi connectivity index (χ0n) is 19.2. The third kappa shape index (κ3) is 8.97. The monoisotopic (exact) mass is 394 g/mol. The van der Waals surface area contributed by atoms with E-state index in [2.05, 4.69) is 78.7 Å². The van der Waals surface area contributed by atoms with Crippen LogP contribution < -0.4 is 5.73 Å². The number of hydrogen-bond acceptors (Lipinski definition) is 2. The van der Waals surface area contributed by atoms with Gasteiger partial charge in [0, 0.05) is 0 Å². The molecule has 0 unspecified atom stereocenters. The largest absolute Gasteiger partial charge is 0.333 e. The summed E-state index contributed by atoms with van der Waals surface area (Å²) in [6, 6.07) is 17.9. The van der Waals surface area contributed by atoms with Crippen LogP contribution in [0.2, 0.25) is 0 Å². The van der Waals surface area contributed by atoms with Crippen molar-refractivity contribution in [2.75, 3.05) is 26.7 Å². The Morgan fingerprint density at radius 1 is 0.966 bits per heavy atom. The fourth-order valence-corrected chi connectivity index (χ4v) is 3.77. The number of likely N-dealkylation sites (tertiary alicyclic amines) is 1. The summed E-state index contributed by atoms with van der Waals surface area (Å²) in [7, 11) is 1.50. The maximum absolute atomic E-state index is 4.50. The molecule has 2 N–H and O–H groups in total. The topological polar surface area (TPSA) is 29.3 Å². The molecule has 1 saturated heterocycles. The van der Waals surface area contributed by atoms with Gasteiger partial charge in [-0.15, -0.1) is 6.58 Å². The van der Waals surface area contributed by atoms with Crippen LogP contribution in [0.4, 0.5) is 0 Å². The summed E-state index contributed by atoms with van der Waals surface area (Å²) in [4.78, 5) is 2.63. The molecule has 2 aromatic carbocycles. The van der Waals surface area contributed by atoms with Crippen LogP contribution in [0.5, 0.6) is 0 Å². The second-order valence-corrected chi connectivity index (χ2v) is 7.44. The Bertz CT molecular complexity index is 667. The molecule has 0 aliphatic carbocycles. The van der Waals surface area contributed by atoms with Gasteiger partial charge in [0.2, 0.25) is 0 Å². The average Bonchev–Trinajstić information content (AvgIpc) is 2.80. The van der Waals surface area contributed by atoms with Crippen molar-refractivity contribution in [3.05, 3.63) is 72.3 Å². The molecule has 1 aliphatic heterocycles. The summed E-state index contributed by atoms with van der Waals surface area (Å²) in [5, 5.41) is 0. The van der Waals surface area contributed by atoms with Crippen LogP contribution in [-0.4, -0.2) is 31.6 Å². The summed E-state index contributed by atoms with van der Waals surface area (Å²) in [5.74, 6) is 0.753. The van der Waals surface area contributed by atoms with Gasteiger partial charge in [-0.2, -0.15) is 0 Å². The Balaban J connectivity index is 0.000000989. The number of allylic oxidation sites excluding steroid dienone is 1. The van der Waals surface area contributed by atoms with Gasteiger partial charge in [0.15, 0.2) is 0 Å². The van der Waals surface area contributed by atoms with E-state index < -0.39 is 0 Å². The van der Waals surface area contributed by atoms with Gasteiger partial charge < -0.3 is 10.6 Å². The zero-order valence-corrected chi connectivity index (χ0v) is 19.2. The average molecular weight is 395 g/mol. The molecule has 1 heterocycles. The lowest BCUT2D eigenvalue weighted by Crippen LogP contribution is -2.33. The Labute approximate surface area is 179 Å². The van der Waals surface area contributed by atoms with Gasteiger partial charge in [0.25, 0.3) is 0 Å². The van der Waals surface area contributed by atoms with Crippen molar-refractivity contribution in [3.63, 3.8) is 0 Å². The molecule has 2 nitrogen and oxygen atoms in total. The summed E-state index contributed by atoms with van der Waals surface area (Å²) >= 11 is 0. The molecule has 0 atom stereocenters. The van der Waals surface area contributed by atoms with E-state index in [-0.39, 0.29) is 0 Å².